The summed E-state index contributed by atoms with van der Waals surface area (Å²) in [7, 11) is 0. The first-order valence-electron chi connectivity index (χ1n) is 9.47. The zero-order valence-corrected chi connectivity index (χ0v) is 15.6. The van der Waals surface area contributed by atoms with Crippen LogP contribution < -0.4 is 0 Å². The first kappa shape index (κ1) is 16.6. The maximum Gasteiger partial charge on any atom is 0.338 e. The number of carbonyl (C=O) groups excluding carboxylic acids is 1. The summed E-state index contributed by atoms with van der Waals surface area (Å²) in [6.45, 7) is 2.19. The molecule has 0 radical (unpaired) electrons. The van der Waals surface area contributed by atoms with Crippen molar-refractivity contribution in [3.63, 3.8) is 0 Å². The lowest BCUT2D eigenvalue weighted by Gasteiger charge is -2.11. The molecule has 5 aromatic rings. The molecule has 0 bridgehead atoms. The fourth-order valence-electron chi connectivity index (χ4n) is 4.06. The van der Waals surface area contributed by atoms with Gasteiger partial charge in [0.15, 0.2) is 0 Å². The number of para-hydroxylation sites is 2. The molecule has 136 valence electrons. The van der Waals surface area contributed by atoms with Crippen LogP contribution >= 0.6 is 0 Å². The van der Waals surface area contributed by atoms with Crippen molar-refractivity contribution in [2.24, 2.45) is 0 Å². The molecule has 5 rings (SSSR count). The van der Waals surface area contributed by atoms with E-state index in [0.29, 0.717) is 12.2 Å². The van der Waals surface area contributed by atoms with Crippen LogP contribution in [0.5, 0.6) is 0 Å². The van der Waals surface area contributed by atoms with Gasteiger partial charge in [0.1, 0.15) is 0 Å². The first-order valence-corrected chi connectivity index (χ1v) is 9.47. The Bertz CT molecular complexity index is 1330. The van der Waals surface area contributed by atoms with Crippen LogP contribution in [0.2, 0.25) is 0 Å². The number of nitrogens with zero attached hydrogens (tertiary/aromatic N) is 1. The normalized spacial score (nSPS) is 11.3. The number of fused-ring (bicyclic) bond motifs is 5. The molecule has 1 heterocycles. The Labute approximate surface area is 162 Å². The number of esters is 1. The Balaban J connectivity index is 2.01. The second-order valence-electron chi connectivity index (χ2n) is 6.77. The van der Waals surface area contributed by atoms with Gasteiger partial charge in [-0.25, -0.2) is 4.79 Å². The molecule has 0 fully saturated rings. The molecule has 0 aliphatic rings. The number of hydrogen-bond donors (Lipinski definition) is 0. The smallest absolute Gasteiger partial charge is 0.338 e. The van der Waals surface area contributed by atoms with E-state index >= 15 is 0 Å². The number of hydrogen-bond acceptors (Lipinski definition) is 2. The van der Waals surface area contributed by atoms with Gasteiger partial charge in [0.05, 0.1) is 23.2 Å². The maximum atomic E-state index is 12.7. The van der Waals surface area contributed by atoms with Crippen LogP contribution in [0, 0.1) is 0 Å². The molecular formula is C25H19NO2. The average molecular weight is 365 g/mol. The predicted molar refractivity (Wildman–Crippen MR) is 114 cm³/mol. The number of carbonyl (C=O) groups is 1. The van der Waals surface area contributed by atoms with Crippen LogP contribution in [0.4, 0.5) is 0 Å². The Morgan fingerprint density at radius 1 is 0.786 bits per heavy atom. The third kappa shape index (κ3) is 2.40. The maximum absolute atomic E-state index is 12.7. The third-order valence-corrected chi connectivity index (χ3v) is 5.19. The van der Waals surface area contributed by atoms with Gasteiger partial charge in [0.2, 0.25) is 0 Å². The quantitative estimate of drug-likeness (QED) is 0.361. The molecule has 0 N–H and O–H groups in total. The highest BCUT2D eigenvalue weighted by Crippen LogP contribution is 2.38. The SMILES string of the molecule is CCOC(=O)c1cc2c(c3ccccc13)c1ccccc1n2-c1ccccc1. The summed E-state index contributed by atoms with van der Waals surface area (Å²) in [4.78, 5) is 12.7. The van der Waals surface area contributed by atoms with Gasteiger partial charge >= 0.3 is 5.97 Å². The van der Waals surface area contributed by atoms with Crippen LogP contribution in [-0.4, -0.2) is 17.1 Å². The average Bonchev–Trinajstić information content (AvgIpc) is 3.08. The fraction of sp³-hybridized carbons (Fsp3) is 0.0800. The monoisotopic (exact) mass is 365 g/mol. The van der Waals surface area contributed by atoms with Crippen LogP contribution in [0.15, 0.2) is 84.9 Å². The van der Waals surface area contributed by atoms with Crippen molar-refractivity contribution in [1.29, 1.82) is 0 Å². The molecule has 1 aromatic heterocycles. The van der Waals surface area contributed by atoms with E-state index in [-0.39, 0.29) is 5.97 Å². The highest BCUT2D eigenvalue weighted by Gasteiger charge is 2.19. The van der Waals surface area contributed by atoms with Crippen molar-refractivity contribution in [3.8, 4) is 5.69 Å². The number of rotatable bonds is 3. The largest absolute Gasteiger partial charge is 0.462 e. The first-order chi connectivity index (χ1) is 13.8. The minimum atomic E-state index is -0.287. The van der Waals surface area contributed by atoms with E-state index in [0.717, 1.165) is 32.9 Å². The van der Waals surface area contributed by atoms with Crippen LogP contribution in [0.1, 0.15) is 17.3 Å². The Kier molecular flexibility index (Phi) is 3.87. The summed E-state index contributed by atoms with van der Waals surface area (Å²) in [6.07, 6.45) is 0. The highest BCUT2D eigenvalue weighted by atomic mass is 16.5. The fourth-order valence-corrected chi connectivity index (χ4v) is 4.06. The second-order valence-corrected chi connectivity index (χ2v) is 6.77. The molecule has 0 saturated carbocycles. The molecular weight excluding hydrogens is 346 g/mol. The number of aromatic nitrogens is 1. The molecule has 0 spiro atoms. The second kappa shape index (κ2) is 6.54. The van der Waals surface area contributed by atoms with Gasteiger partial charge in [-0.2, -0.15) is 0 Å². The van der Waals surface area contributed by atoms with Crippen molar-refractivity contribution in [1.82, 2.24) is 4.57 Å². The zero-order valence-electron chi connectivity index (χ0n) is 15.6. The molecule has 0 saturated heterocycles. The van der Waals surface area contributed by atoms with Gasteiger partial charge in [-0.15, -0.1) is 0 Å². The molecule has 4 aromatic carbocycles. The zero-order chi connectivity index (χ0) is 19.1. The van der Waals surface area contributed by atoms with Gasteiger partial charge in [0.25, 0.3) is 0 Å². The van der Waals surface area contributed by atoms with Gasteiger partial charge in [0, 0.05) is 16.5 Å². The molecule has 0 aliphatic heterocycles. The van der Waals surface area contributed by atoms with Crippen molar-refractivity contribution >= 4 is 38.5 Å². The molecule has 0 aliphatic carbocycles. The molecule has 0 atom stereocenters. The standard InChI is InChI=1S/C25H19NO2/c1-2-28-25(27)21-16-23-24(19-13-7-6-12-18(19)21)20-14-8-9-15-22(20)26(23)17-10-4-3-5-11-17/h3-16H,2H2,1H3. The topological polar surface area (TPSA) is 31.2 Å². The summed E-state index contributed by atoms with van der Waals surface area (Å²) < 4.78 is 7.58. The van der Waals surface area contributed by atoms with Crippen LogP contribution in [0.3, 0.4) is 0 Å². The van der Waals surface area contributed by atoms with Gasteiger partial charge in [-0.3, -0.25) is 0 Å². The Morgan fingerprint density at radius 3 is 2.18 bits per heavy atom. The van der Waals surface area contributed by atoms with E-state index in [1.165, 1.54) is 5.39 Å². The summed E-state index contributed by atoms with van der Waals surface area (Å²) in [5.74, 6) is -0.287. The van der Waals surface area contributed by atoms with Crippen molar-refractivity contribution in [2.75, 3.05) is 6.61 Å². The van der Waals surface area contributed by atoms with Crippen LogP contribution in [-0.2, 0) is 4.74 Å². The van der Waals surface area contributed by atoms with Crippen molar-refractivity contribution in [2.45, 2.75) is 6.92 Å². The Hall–Kier alpha value is -3.59. The van der Waals surface area contributed by atoms with E-state index in [4.69, 9.17) is 4.74 Å². The van der Waals surface area contributed by atoms with Crippen molar-refractivity contribution in [3.05, 3.63) is 90.5 Å². The van der Waals surface area contributed by atoms with E-state index in [1.54, 1.807) is 0 Å². The van der Waals surface area contributed by atoms with Gasteiger partial charge < -0.3 is 9.30 Å². The van der Waals surface area contributed by atoms with Gasteiger partial charge in [-0.1, -0.05) is 60.7 Å². The lowest BCUT2D eigenvalue weighted by atomic mass is 9.99. The van der Waals surface area contributed by atoms with Gasteiger partial charge in [-0.05, 0) is 42.0 Å². The third-order valence-electron chi connectivity index (χ3n) is 5.19. The van der Waals surface area contributed by atoms with E-state index < -0.39 is 0 Å². The number of ether oxygens (including phenoxy) is 1. The van der Waals surface area contributed by atoms with E-state index in [1.807, 2.05) is 49.4 Å². The summed E-state index contributed by atoms with van der Waals surface area (Å²) in [6, 6.07) is 28.7. The molecule has 3 heteroatoms. The van der Waals surface area contributed by atoms with Crippen molar-refractivity contribution < 1.29 is 9.53 Å². The predicted octanol–water partition coefficient (Wildman–Crippen LogP) is 6.11. The molecule has 0 unspecified atom stereocenters. The van der Waals surface area contributed by atoms with E-state index in [2.05, 4.69) is 47.0 Å². The van der Waals surface area contributed by atoms with Crippen LogP contribution in [0.25, 0.3) is 38.3 Å². The summed E-state index contributed by atoms with van der Waals surface area (Å²) in [5.41, 5.74) is 3.80. The summed E-state index contributed by atoms with van der Waals surface area (Å²) >= 11 is 0. The summed E-state index contributed by atoms with van der Waals surface area (Å²) in [5, 5.41) is 4.31. The lowest BCUT2D eigenvalue weighted by Crippen LogP contribution is -2.06. The number of benzene rings is 4. The molecule has 28 heavy (non-hydrogen) atoms. The minimum absolute atomic E-state index is 0.287. The Morgan fingerprint density at radius 2 is 1.43 bits per heavy atom. The molecule has 3 nitrogen and oxygen atoms in total. The molecule has 0 amide bonds. The minimum Gasteiger partial charge on any atom is -0.462 e. The van der Waals surface area contributed by atoms with E-state index in [9.17, 15) is 4.79 Å². The highest BCUT2D eigenvalue weighted by molar-refractivity contribution is 6.24. The lowest BCUT2D eigenvalue weighted by molar-refractivity contribution is 0.0529.